The van der Waals surface area contributed by atoms with E-state index in [0.29, 0.717) is 11.6 Å². The molecule has 36 heavy (non-hydrogen) atoms. The Morgan fingerprint density at radius 3 is 2.44 bits per heavy atom. The lowest BCUT2D eigenvalue weighted by molar-refractivity contribution is -0.141. The first-order valence-electron chi connectivity index (χ1n) is 10.3. The van der Waals surface area contributed by atoms with Gasteiger partial charge >= 0.3 is 12.4 Å². The van der Waals surface area contributed by atoms with E-state index in [0.717, 1.165) is 0 Å². The first kappa shape index (κ1) is 28.1. The number of rotatable bonds is 8. The van der Waals surface area contributed by atoms with Crippen LogP contribution in [0.3, 0.4) is 0 Å². The smallest absolute Gasteiger partial charge is 0.433 e. The number of ether oxygens (including phenoxy) is 1. The van der Waals surface area contributed by atoms with E-state index in [1.165, 1.54) is 31.6 Å². The standard InChI is InChI=1S/C21H22F6N8O/c1-4-36-17-7-14(6-16(33-17)21(25,26)27)32-19(31-11-28)30-10-15-5-12(2)18(35-34-15)13(9-29-3)8-20(22,23)24/h5-7,9,29H,4,8,10H2,1-3H3,(H2,30,31,32,33)/b13-9+. The Balaban J connectivity index is 2.22. The molecule has 2 aromatic rings. The van der Waals surface area contributed by atoms with Crippen molar-refractivity contribution in [1.29, 1.82) is 5.26 Å². The van der Waals surface area contributed by atoms with Crippen LogP contribution >= 0.6 is 0 Å². The van der Waals surface area contributed by atoms with Crippen molar-refractivity contribution in [2.75, 3.05) is 19.0 Å². The van der Waals surface area contributed by atoms with Crippen molar-refractivity contribution < 1.29 is 31.1 Å². The van der Waals surface area contributed by atoms with Crippen molar-refractivity contribution in [3.8, 4) is 12.1 Å². The van der Waals surface area contributed by atoms with Crippen molar-refractivity contribution in [3.63, 3.8) is 0 Å². The van der Waals surface area contributed by atoms with Crippen molar-refractivity contribution >= 4 is 17.2 Å². The number of halogens is 6. The average molecular weight is 516 g/mol. The molecule has 0 saturated carbocycles. The fraction of sp³-hybridized carbons (Fsp3) is 0.381. The summed E-state index contributed by atoms with van der Waals surface area (Å²) in [5.74, 6) is -0.497. The lowest BCUT2D eigenvalue weighted by Crippen LogP contribution is -2.31. The largest absolute Gasteiger partial charge is 0.478 e. The van der Waals surface area contributed by atoms with E-state index in [-0.39, 0.29) is 47.6 Å². The second-order valence-electron chi connectivity index (χ2n) is 7.17. The molecule has 9 nitrogen and oxygen atoms in total. The van der Waals surface area contributed by atoms with Gasteiger partial charge in [0.2, 0.25) is 18.0 Å². The molecular weight excluding hydrogens is 494 g/mol. The van der Waals surface area contributed by atoms with Gasteiger partial charge in [0.25, 0.3) is 0 Å². The van der Waals surface area contributed by atoms with Gasteiger partial charge < -0.3 is 20.7 Å². The third kappa shape index (κ3) is 8.60. The van der Waals surface area contributed by atoms with Crippen LogP contribution in [0.25, 0.3) is 5.57 Å². The molecule has 0 bridgehead atoms. The molecule has 2 heterocycles. The van der Waals surface area contributed by atoms with Crippen LogP contribution in [0.15, 0.2) is 29.4 Å². The molecule has 0 aliphatic heterocycles. The van der Waals surface area contributed by atoms with Crippen molar-refractivity contribution in [3.05, 3.63) is 47.0 Å². The lowest BCUT2D eigenvalue weighted by Gasteiger charge is -2.15. The van der Waals surface area contributed by atoms with Crippen molar-refractivity contribution in [2.24, 2.45) is 4.99 Å². The number of nitriles is 1. The minimum absolute atomic E-state index is 0.0504. The average Bonchev–Trinajstić information content (AvgIpc) is 2.76. The first-order chi connectivity index (χ1) is 16.9. The normalized spacial score (nSPS) is 12.7. The summed E-state index contributed by atoms with van der Waals surface area (Å²) in [6, 6.07) is 3.40. The molecule has 15 heteroatoms. The maximum Gasteiger partial charge on any atom is 0.433 e. The van der Waals surface area contributed by atoms with Gasteiger partial charge in [-0.25, -0.2) is 4.98 Å². The zero-order valence-electron chi connectivity index (χ0n) is 19.3. The van der Waals surface area contributed by atoms with E-state index in [1.54, 1.807) is 13.8 Å². The third-order valence-corrected chi connectivity index (χ3v) is 4.29. The van der Waals surface area contributed by atoms with Crippen LogP contribution in [-0.4, -0.2) is 41.0 Å². The van der Waals surface area contributed by atoms with Gasteiger partial charge in [0.05, 0.1) is 31.0 Å². The molecule has 0 aliphatic rings. The van der Waals surface area contributed by atoms with Gasteiger partial charge in [-0.3, -0.25) is 0 Å². The van der Waals surface area contributed by atoms with Crippen LogP contribution in [0.5, 0.6) is 5.88 Å². The molecule has 0 saturated heterocycles. The molecule has 0 amide bonds. The molecule has 0 aromatic carbocycles. The summed E-state index contributed by atoms with van der Waals surface area (Å²) in [4.78, 5) is 6.90. The molecule has 0 atom stereocenters. The fourth-order valence-corrected chi connectivity index (χ4v) is 2.95. The second kappa shape index (κ2) is 12.0. The monoisotopic (exact) mass is 516 g/mol. The number of allylic oxidation sites excluding steroid dienone is 1. The number of hydrogen-bond donors (Lipinski definition) is 3. The summed E-state index contributed by atoms with van der Waals surface area (Å²) in [5.41, 5.74) is -0.687. The number of aliphatic imine (C=N–C) groups is 1. The van der Waals surface area contributed by atoms with Gasteiger partial charge in [-0.05, 0) is 31.5 Å². The highest BCUT2D eigenvalue weighted by Gasteiger charge is 2.34. The number of nitrogens with one attached hydrogen (secondary N) is 3. The Bertz CT molecular complexity index is 1150. The Hall–Kier alpha value is -4.09. The summed E-state index contributed by atoms with van der Waals surface area (Å²) in [5, 5.41) is 24.5. The van der Waals surface area contributed by atoms with E-state index in [9.17, 15) is 26.3 Å². The first-order valence-corrected chi connectivity index (χ1v) is 10.3. The predicted octanol–water partition coefficient (Wildman–Crippen LogP) is 4.15. The summed E-state index contributed by atoms with van der Waals surface area (Å²) in [7, 11) is 1.46. The maximum absolute atomic E-state index is 13.2. The van der Waals surface area contributed by atoms with Gasteiger partial charge in [0.15, 0.2) is 5.69 Å². The molecule has 2 aromatic heterocycles. The SMILES string of the molecule is CCOc1cc(N/C(=N/C#N)NCc2cc(C)c(/C(=C/NC)CC(F)(F)F)nn2)cc(C(F)(F)F)n1. The molecule has 2 rings (SSSR count). The summed E-state index contributed by atoms with van der Waals surface area (Å²) in [6.07, 6.45) is -7.70. The van der Waals surface area contributed by atoms with E-state index in [1.807, 2.05) is 0 Å². The molecular formula is C21H22F6N8O. The van der Waals surface area contributed by atoms with Gasteiger partial charge in [-0.2, -0.15) is 41.8 Å². The van der Waals surface area contributed by atoms with Crippen molar-refractivity contribution in [1.82, 2.24) is 25.8 Å². The number of aryl methyl sites for hydroxylation is 1. The Kier molecular flexibility index (Phi) is 9.42. The van der Waals surface area contributed by atoms with E-state index >= 15 is 0 Å². The third-order valence-electron chi connectivity index (χ3n) is 4.29. The quantitative estimate of drug-likeness (QED) is 0.207. The predicted molar refractivity (Wildman–Crippen MR) is 118 cm³/mol. The zero-order valence-corrected chi connectivity index (χ0v) is 19.3. The summed E-state index contributed by atoms with van der Waals surface area (Å²) < 4.78 is 83.3. The number of alkyl halides is 6. The van der Waals surface area contributed by atoms with Crippen LogP contribution in [0.4, 0.5) is 32.0 Å². The van der Waals surface area contributed by atoms with Crippen LogP contribution in [0.2, 0.25) is 0 Å². The van der Waals surface area contributed by atoms with Gasteiger partial charge in [-0.1, -0.05) is 0 Å². The van der Waals surface area contributed by atoms with Crippen molar-refractivity contribution in [2.45, 2.75) is 39.2 Å². The summed E-state index contributed by atoms with van der Waals surface area (Å²) >= 11 is 0. The molecule has 0 spiro atoms. The summed E-state index contributed by atoms with van der Waals surface area (Å²) in [6.45, 7) is 3.11. The van der Waals surface area contributed by atoms with Crippen LogP contribution in [0, 0.1) is 18.4 Å². The van der Waals surface area contributed by atoms with Crippen LogP contribution in [-0.2, 0) is 12.7 Å². The van der Waals surface area contributed by atoms with E-state index in [2.05, 4.69) is 36.1 Å². The molecule has 194 valence electrons. The number of pyridine rings is 1. The zero-order chi connectivity index (χ0) is 26.9. The minimum atomic E-state index is -4.74. The molecule has 0 radical (unpaired) electrons. The minimum Gasteiger partial charge on any atom is -0.478 e. The maximum atomic E-state index is 13.2. The van der Waals surface area contributed by atoms with E-state index < -0.39 is 24.5 Å². The number of nitrogens with zero attached hydrogens (tertiary/aromatic N) is 5. The molecule has 0 unspecified atom stereocenters. The highest BCUT2D eigenvalue weighted by atomic mass is 19.4. The molecule has 3 N–H and O–H groups in total. The lowest BCUT2D eigenvalue weighted by atomic mass is 10.0. The topological polar surface area (TPSA) is 120 Å². The number of anilines is 1. The molecule has 0 fully saturated rings. The van der Waals surface area contributed by atoms with Gasteiger partial charge in [0, 0.05) is 30.6 Å². The highest BCUT2D eigenvalue weighted by Crippen LogP contribution is 2.32. The number of aromatic nitrogens is 3. The molecule has 0 aliphatic carbocycles. The van der Waals surface area contributed by atoms with Gasteiger partial charge in [0.1, 0.15) is 0 Å². The Morgan fingerprint density at radius 1 is 1.17 bits per heavy atom. The van der Waals surface area contributed by atoms with Crippen LogP contribution < -0.4 is 20.7 Å². The van der Waals surface area contributed by atoms with Gasteiger partial charge in [-0.15, -0.1) is 4.99 Å². The Morgan fingerprint density at radius 2 is 1.89 bits per heavy atom. The number of guanidine groups is 1. The van der Waals surface area contributed by atoms with Crippen LogP contribution in [0.1, 0.15) is 36.0 Å². The van der Waals surface area contributed by atoms with E-state index in [4.69, 9.17) is 10.00 Å². The second-order valence-corrected chi connectivity index (χ2v) is 7.17. The Labute approximate surface area is 202 Å². The number of hydrogen-bond acceptors (Lipinski definition) is 7. The highest BCUT2D eigenvalue weighted by molar-refractivity contribution is 5.94. The fourth-order valence-electron chi connectivity index (χ4n) is 2.95.